The maximum Gasteiger partial charge on any atom is 0.123 e. The molecule has 0 aliphatic rings. The van der Waals surface area contributed by atoms with Crippen molar-refractivity contribution in [3.8, 4) is 0 Å². The SMILES string of the molecule is Cc1cc(C(CN)c2ccc(F)cc2)n[nH]1. The lowest BCUT2D eigenvalue weighted by Crippen LogP contribution is -2.14. The Morgan fingerprint density at radius 2 is 2.06 bits per heavy atom. The fourth-order valence-electron chi connectivity index (χ4n) is 1.74. The molecular weight excluding hydrogens is 205 g/mol. The van der Waals surface area contributed by atoms with Gasteiger partial charge in [0.25, 0.3) is 0 Å². The predicted octanol–water partition coefficient (Wildman–Crippen LogP) is 1.95. The van der Waals surface area contributed by atoms with E-state index >= 15 is 0 Å². The van der Waals surface area contributed by atoms with Crippen LogP contribution < -0.4 is 5.73 Å². The molecule has 84 valence electrons. The van der Waals surface area contributed by atoms with E-state index in [4.69, 9.17) is 5.73 Å². The van der Waals surface area contributed by atoms with E-state index in [1.54, 1.807) is 12.1 Å². The molecule has 3 nitrogen and oxygen atoms in total. The first-order chi connectivity index (χ1) is 7.70. The number of hydrogen-bond acceptors (Lipinski definition) is 2. The summed E-state index contributed by atoms with van der Waals surface area (Å²) in [5, 5.41) is 7.07. The molecule has 2 aromatic rings. The zero-order valence-electron chi connectivity index (χ0n) is 9.07. The molecule has 1 atom stereocenters. The second-order valence-electron chi connectivity index (χ2n) is 3.82. The molecule has 4 heteroatoms. The third-order valence-corrected chi connectivity index (χ3v) is 2.59. The second-order valence-corrected chi connectivity index (χ2v) is 3.82. The lowest BCUT2D eigenvalue weighted by atomic mass is 9.96. The lowest BCUT2D eigenvalue weighted by Gasteiger charge is -2.12. The summed E-state index contributed by atoms with van der Waals surface area (Å²) in [6.07, 6.45) is 0. The van der Waals surface area contributed by atoms with Gasteiger partial charge in [-0.15, -0.1) is 0 Å². The first-order valence-corrected chi connectivity index (χ1v) is 5.18. The van der Waals surface area contributed by atoms with Gasteiger partial charge in [-0.05, 0) is 30.7 Å². The van der Waals surface area contributed by atoms with Crippen molar-refractivity contribution in [2.24, 2.45) is 5.73 Å². The monoisotopic (exact) mass is 219 g/mol. The maximum absolute atomic E-state index is 12.8. The van der Waals surface area contributed by atoms with Crippen LogP contribution in [0.2, 0.25) is 0 Å². The van der Waals surface area contributed by atoms with Gasteiger partial charge in [0.1, 0.15) is 5.82 Å². The minimum absolute atomic E-state index is 0.0190. The van der Waals surface area contributed by atoms with Crippen molar-refractivity contribution in [1.29, 1.82) is 0 Å². The summed E-state index contributed by atoms with van der Waals surface area (Å²) in [4.78, 5) is 0. The van der Waals surface area contributed by atoms with E-state index in [0.717, 1.165) is 17.0 Å². The van der Waals surface area contributed by atoms with Gasteiger partial charge >= 0.3 is 0 Å². The first-order valence-electron chi connectivity index (χ1n) is 5.18. The number of nitrogens with one attached hydrogen (secondary N) is 1. The molecule has 1 unspecified atom stereocenters. The molecule has 0 saturated heterocycles. The Balaban J connectivity index is 2.32. The van der Waals surface area contributed by atoms with Crippen LogP contribution in [0, 0.1) is 12.7 Å². The number of aryl methyl sites for hydroxylation is 1. The fraction of sp³-hybridized carbons (Fsp3) is 0.250. The van der Waals surface area contributed by atoms with E-state index < -0.39 is 0 Å². The summed E-state index contributed by atoms with van der Waals surface area (Å²) in [6, 6.07) is 8.34. The number of H-pyrrole nitrogens is 1. The molecule has 0 bridgehead atoms. The first kappa shape index (κ1) is 10.8. The van der Waals surface area contributed by atoms with Gasteiger partial charge < -0.3 is 5.73 Å². The number of aromatic amines is 1. The van der Waals surface area contributed by atoms with Gasteiger partial charge in [0, 0.05) is 18.2 Å². The van der Waals surface area contributed by atoms with Gasteiger partial charge in [-0.2, -0.15) is 5.10 Å². The zero-order valence-corrected chi connectivity index (χ0v) is 9.07. The van der Waals surface area contributed by atoms with Gasteiger partial charge in [0.05, 0.1) is 5.69 Å². The summed E-state index contributed by atoms with van der Waals surface area (Å²) >= 11 is 0. The molecule has 16 heavy (non-hydrogen) atoms. The second kappa shape index (κ2) is 4.45. The van der Waals surface area contributed by atoms with Crippen molar-refractivity contribution in [2.45, 2.75) is 12.8 Å². The summed E-state index contributed by atoms with van der Waals surface area (Å²) in [7, 11) is 0. The van der Waals surface area contributed by atoms with Crippen LogP contribution in [0.4, 0.5) is 4.39 Å². The summed E-state index contributed by atoms with van der Waals surface area (Å²) < 4.78 is 12.8. The Morgan fingerprint density at radius 1 is 1.38 bits per heavy atom. The lowest BCUT2D eigenvalue weighted by molar-refractivity contribution is 0.626. The van der Waals surface area contributed by atoms with Crippen LogP contribution in [-0.2, 0) is 0 Å². The smallest absolute Gasteiger partial charge is 0.123 e. The number of nitrogens with two attached hydrogens (primary N) is 1. The van der Waals surface area contributed by atoms with Crippen LogP contribution in [-0.4, -0.2) is 16.7 Å². The van der Waals surface area contributed by atoms with Crippen molar-refractivity contribution in [1.82, 2.24) is 10.2 Å². The fourth-order valence-corrected chi connectivity index (χ4v) is 1.74. The van der Waals surface area contributed by atoms with Crippen LogP contribution in [0.15, 0.2) is 30.3 Å². The minimum Gasteiger partial charge on any atom is -0.329 e. The van der Waals surface area contributed by atoms with Crippen LogP contribution in [0.25, 0.3) is 0 Å². The number of aromatic nitrogens is 2. The highest BCUT2D eigenvalue weighted by atomic mass is 19.1. The molecule has 0 amide bonds. The highest BCUT2D eigenvalue weighted by Gasteiger charge is 2.15. The van der Waals surface area contributed by atoms with Crippen molar-refractivity contribution in [2.75, 3.05) is 6.54 Å². The highest BCUT2D eigenvalue weighted by Crippen LogP contribution is 2.22. The van der Waals surface area contributed by atoms with E-state index in [9.17, 15) is 4.39 Å². The number of nitrogens with zero attached hydrogens (tertiary/aromatic N) is 1. The maximum atomic E-state index is 12.8. The highest BCUT2D eigenvalue weighted by molar-refractivity contribution is 5.29. The predicted molar refractivity (Wildman–Crippen MR) is 60.6 cm³/mol. The van der Waals surface area contributed by atoms with Gasteiger partial charge in [0.2, 0.25) is 0 Å². The quantitative estimate of drug-likeness (QED) is 0.829. The topological polar surface area (TPSA) is 54.7 Å². The molecule has 1 aromatic carbocycles. The van der Waals surface area contributed by atoms with Gasteiger partial charge in [-0.1, -0.05) is 12.1 Å². The Morgan fingerprint density at radius 3 is 2.56 bits per heavy atom. The van der Waals surface area contributed by atoms with E-state index in [1.807, 2.05) is 13.0 Å². The van der Waals surface area contributed by atoms with Crippen LogP contribution in [0.3, 0.4) is 0 Å². The van der Waals surface area contributed by atoms with Crippen molar-refractivity contribution in [3.63, 3.8) is 0 Å². The number of hydrogen-bond donors (Lipinski definition) is 2. The molecule has 0 radical (unpaired) electrons. The Kier molecular flexibility index (Phi) is 3.01. The van der Waals surface area contributed by atoms with Gasteiger partial charge in [-0.3, -0.25) is 5.10 Å². The molecule has 0 spiro atoms. The summed E-state index contributed by atoms with van der Waals surface area (Å²) in [6.45, 7) is 2.39. The average molecular weight is 219 g/mol. The third kappa shape index (κ3) is 2.12. The normalized spacial score (nSPS) is 12.7. The van der Waals surface area contributed by atoms with E-state index in [-0.39, 0.29) is 11.7 Å². The molecular formula is C12H14FN3. The Hall–Kier alpha value is -1.68. The third-order valence-electron chi connectivity index (χ3n) is 2.59. The largest absolute Gasteiger partial charge is 0.329 e. The van der Waals surface area contributed by atoms with Crippen molar-refractivity contribution in [3.05, 3.63) is 53.1 Å². The number of halogens is 1. The summed E-state index contributed by atoms with van der Waals surface area (Å²) in [5.41, 5.74) is 8.61. The summed E-state index contributed by atoms with van der Waals surface area (Å²) in [5.74, 6) is -0.219. The van der Waals surface area contributed by atoms with Crippen molar-refractivity contribution >= 4 is 0 Å². The Labute approximate surface area is 93.5 Å². The number of benzene rings is 1. The van der Waals surface area contributed by atoms with E-state index in [2.05, 4.69) is 10.2 Å². The molecule has 2 rings (SSSR count). The zero-order chi connectivity index (χ0) is 11.5. The van der Waals surface area contributed by atoms with E-state index in [1.165, 1.54) is 12.1 Å². The Bertz CT molecular complexity index is 461. The molecule has 0 fully saturated rings. The molecule has 0 aliphatic carbocycles. The van der Waals surface area contributed by atoms with Crippen LogP contribution >= 0.6 is 0 Å². The van der Waals surface area contributed by atoms with Crippen LogP contribution in [0.1, 0.15) is 22.9 Å². The van der Waals surface area contributed by atoms with Gasteiger partial charge in [-0.25, -0.2) is 4.39 Å². The standard InChI is InChI=1S/C12H14FN3/c1-8-6-12(16-15-8)11(7-14)9-2-4-10(13)5-3-9/h2-6,11H,7,14H2,1H3,(H,15,16). The molecule has 0 aliphatic heterocycles. The molecule has 1 aromatic heterocycles. The number of rotatable bonds is 3. The molecule has 1 heterocycles. The van der Waals surface area contributed by atoms with Gasteiger partial charge in [0.15, 0.2) is 0 Å². The minimum atomic E-state index is -0.238. The average Bonchev–Trinajstić information content (AvgIpc) is 2.69. The van der Waals surface area contributed by atoms with E-state index in [0.29, 0.717) is 6.54 Å². The molecule has 0 saturated carbocycles. The van der Waals surface area contributed by atoms with Crippen molar-refractivity contribution < 1.29 is 4.39 Å². The van der Waals surface area contributed by atoms with Crippen LogP contribution in [0.5, 0.6) is 0 Å². The molecule has 3 N–H and O–H groups in total.